The van der Waals surface area contributed by atoms with Crippen LogP contribution in [0.2, 0.25) is 0 Å². The summed E-state index contributed by atoms with van der Waals surface area (Å²) in [4.78, 5) is 33.4. The van der Waals surface area contributed by atoms with Crippen molar-refractivity contribution in [3.63, 3.8) is 0 Å². The molecule has 2 aromatic carbocycles. The zero-order valence-corrected chi connectivity index (χ0v) is 24.7. The minimum Gasteiger partial charge on any atom is -0.336 e. The van der Waals surface area contributed by atoms with E-state index in [-0.39, 0.29) is 41.3 Å². The predicted molar refractivity (Wildman–Crippen MR) is 160 cm³/mol. The van der Waals surface area contributed by atoms with Crippen molar-refractivity contribution in [2.24, 2.45) is 0 Å². The summed E-state index contributed by atoms with van der Waals surface area (Å²) in [7, 11) is -6.17. The minimum atomic E-state index is -3.49. The van der Waals surface area contributed by atoms with Crippen LogP contribution in [0.25, 0.3) is 16.6 Å². The highest BCUT2D eigenvalue weighted by Crippen LogP contribution is 2.41. The number of nitrogens with zero attached hydrogens (tertiary/aromatic N) is 4. The number of aromatic nitrogens is 1. The van der Waals surface area contributed by atoms with E-state index < -0.39 is 20.4 Å². The molecule has 10 nitrogen and oxygen atoms in total. The Hall–Kier alpha value is -2.90. The lowest BCUT2D eigenvalue weighted by Gasteiger charge is -2.42. The summed E-state index contributed by atoms with van der Waals surface area (Å²) in [6, 6.07) is 14.2. The second-order valence-electron chi connectivity index (χ2n) is 11.3. The van der Waals surface area contributed by atoms with Crippen molar-refractivity contribution in [2.45, 2.75) is 30.2 Å². The molecule has 1 aliphatic carbocycles. The lowest BCUT2D eigenvalue weighted by Crippen LogP contribution is -2.53. The van der Waals surface area contributed by atoms with Crippen LogP contribution in [0.15, 0.2) is 53.4 Å². The fourth-order valence-corrected chi connectivity index (χ4v) is 7.84. The summed E-state index contributed by atoms with van der Waals surface area (Å²) in [5.74, 6) is -0.0911. The van der Waals surface area contributed by atoms with E-state index >= 15 is 0 Å². The zero-order valence-electron chi connectivity index (χ0n) is 23.1. The van der Waals surface area contributed by atoms with Gasteiger partial charge in [-0.1, -0.05) is 12.5 Å². The van der Waals surface area contributed by atoms with Gasteiger partial charge in [-0.2, -0.15) is 10.6 Å². The summed E-state index contributed by atoms with van der Waals surface area (Å²) in [5, 5.41) is 0.693. The third-order valence-electron chi connectivity index (χ3n) is 8.63. The number of hydrogen-bond donors (Lipinski definition) is 2. The largest absolute Gasteiger partial charge is 0.336 e. The third kappa shape index (κ3) is 5.63. The van der Waals surface area contributed by atoms with Gasteiger partial charge in [0, 0.05) is 68.2 Å². The Kier molecular flexibility index (Phi) is 7.39. The monoisotopic (exact) mass is 600 g/mol. The molecule has 0 spiro atoms. The molecule has 0 radical (unpaired) electrons. The Morgan fingerprint density at radius 1 is 0.854 bits per heavy atom. The van der Waals surface area contributed by atoms with E-state index in [2.05, 4.69) is 4.90 Å². The molecule has 0 unspecified atom stereocenters. The molecule has 0 atom stereocenters. The number of rotatable bonds is 5. The summed E-state index contributed by atoms with van der Waals surface area (Å²) in [5.41, 5.74) is 2.05. The van der Waals surface area contributed by atoms with Crippen molar-refractivity contribution in [3.05, 3.63) is 59.8 Å². The highest BCUT2D eigenvalue weighted by molar-refractivity contribution is 8.24. The smallest absolute Gasteiger partial charge is 0.270 e. The molecule has 3 aliphatic rings. The van der Waals surface area contributed by atoms with Crippen molar-refractivity contribution in [2.75, 3.05) is 57.0 Å². The third-order valence-corrected chi connectivity index (χ3v) is 11.4. The van der Waals surface area contributed by atoms with Crippen LogP contribution in [0, 0.1) is 0 Å². The van der Waals surface area contributed by atoms with Crippen LogP contribution >= 0.6 is 10.6 Å². The number of amides is 2. The molecule has 2 saturated heterocycles. The predicted octanol–water partition coefficient (Wildman–Crippen LogP) is 3.55. The molecule has 1 aromatic heterocycles. The quantitative estimate of drug-likeness (QED) is 0.459. The Bertz CT molecular complexity index is 1600. The highest BCUT2D eigenvalue weighted by Gasteiger charge is 2.31. The molecule has 12 heteroatoms. The van der Waals surface area contributed by atoms with Crippen LogP contribution in [0.5, 0.6) is 0 Å². The van der Waals surface area contributed by atoms with Crippen molar-refractivity contribution >= 4 is 43.1 Å². The first-order valence-corrected chi connectivity index (χ1v) is 17.8. The Morgan fingerprint density at radius 2 is 1.54 bits per heavy atom. The molecule has 41 heavy (non-hydrogen) atoms. The topological polar surface area (TPSA) is 123 Å². The first-order valence-electron chi connectivity index (χ1n) is 14.0. The standard InChI is InChI=1S/C29H36N4O6S2/c1-40(36,37)25-7-3-6-24(20-25)33-26-9-8-21(28(34)31-12-10-30(11-13-31)23-4-2-5-23)18-22(26)19-27(33)29(35)32-14-16-41(38,39)17-15-32/h3,6-9,18-20,23,38-39H,2,4-5,10-17H2,1H3. The van der Waals surface area contributed by atoms with E-state index in [0.717, 1.165) is 19.3 Å². The number of benzene rings is 2. The summed E-state index contributed by atoms with van der Waals surface area (Å²) in [6.07, 6.45) is 4.92. The van der Waals surface area contributed by atoms with Crippen molar-refractivity contribution in [3.8, 4) is 5.69 Å². The van der Waals surface area contributed by atoms with Gasteiger partial charge in [0.1, 0.15) is 5.69 Å². The fourth-order valence-electron chi connectivity index (χ4n) is 5.95. The Morgan fingerprint density at radius 3 is 2.17 bits per heavy atom. The molecule has 3 aromatic rings. The van der Waals surface area contributed by atoms with Gasteiger partial charge >= 0.3 is 0 Å². The van der Waals surface area contributed by atoms with Gasteiger partial charge in [0.05, 0.1) is 21.9 Å². The van der Waals surface area contributed by atoms with Crippen LogP contribution in [0.4, 0.5) is 0 Å². The summed E-state index contributed by atoms with van der Waals surface area (Å²) in [6.45, 7) is 3.55. The first-order chi connectivity index (χ1) is 19.5. The lowest BCUT2D eigenvalue weighted by molar-refractivity contribution is 0.0455. The van der Waals surface area contributed by atoms with Gasteiger partial charge in [-0.15, -0.1) is 0 Å². The van der Waals surface area contributed by atoms with Gasteiger partial charge in [0.25, 0.3) is 11.8 Å². The normalized spacial score (nSPS) is 21.0. The minimum absolute atomic E-state index is 0.0407. The number of fused-ring (bicyclic) bond motifs is 1. The summed E-state index contributed by atoms with van der Waals surface area (Å²) >= 11 is 0. The van der Waals surface area contributed by atoms with E-state index in [9.17, 15) is 27.1 Å². The molecule has 220 valence electrons. The molecule has 6 rings (SSSR count). The van der Waals surface area contributed by atoms with Gasteiger partial charge in [0.15, 0.2) is 9.84 Å². The summed E-state index contributed by atoms with van der Waals surface area (Å²) < 4.78 is 46.5. The lowest BCUT2D eigenvalue weighted by atomic mass is 9.91. The Balaban J connectivity index is 1.35. The number of carbonyl (C=O) groups excluding carboxylic acids is 2. The zero-order chi connectivity index (χ0) is 28.9. The molecule has 3 heterocycles. The SMILES string of the molecule is CS(=O)(=O)c1cccc(-n2c(C(=O)N3CCS(O)(O)CC3)cc3cc(C(=O)N4CCN(C5CCC5)CC4)ccc32)c1. The fraction of sp³-hybridized carbons (Fsp3) is 0.448. The maximum Gasteiger partial charge on any atom is 0.270 e. The number of sulfone groups is 1. The van der Waals surface area contributed by atoms with Crippen LogP contribution in [0.3, 0.4) is 0 Å². The van der Waals surface area contributed by atoms with Gasteiger partial charge in [-0.25, -0.2) is 8.42 Å². The molecule has 2 N–H and O–H groups in total. The van der Waals surface area contributed by atoms with Crippen LogP contribution in [0.1, 0.15) is 40.1 Å². The molecule has 1 saturated carbocycles. The first kappa shape index (κ1) is 28.2. The van der Waals surface area contributed by atoms with Gasteiger partial charge < -0.3 is 14.4 Å². The van der Waals surface area contributed by atoms with Crippen molar-refractivity contribution < 1.29 is 27.1 Å². The molecular formula is C29H36N4O6S2. The maximum atomic E-state index is 13.8. The second kappa shape index (κ2) is 10.7. The average Bonchev–Trinajstić information content (AvgIpc) is 3.30. The maximum absolute atomic E-state index is 13.8. The van der Waals surface area contributed by atoms with Gasteiger partial charge in [-0.3, -0.25) is 23.6 Å². The van der Waals surface area contributed by atoms with Gasteiger partial charge in [0.2, 0.25) is 0 Å². The number of piperazine rings is 1. The molecule has 0 bridgehead atoms. The molecular weight excluding hydrogens is 564 g/mol. The molecule has 2 amide bonds. The highest BCUT2D eigenvalue weighted by atomic mass is 32.3. The van der Waals surface area contributed by atoms with Crippen LogP contribution < -0.4 is 0 Å². The van der Waals surface area contributed by atoms with Crippen LogP contribution in [-0.4, -0.2) is 112 Å². The van der Waals surface area contributed by atoms with Crippen molar-refractivity contribution in [1.29, 1.82) is 0 Å². The van der Waals surface area contributed by atoms with E-state index in [1.807, 2.05) is 11.0 Å². The van der Waals surface area contributed by atoms with E-state index in [1.54, 1.807) is 45.9 Å². The van der Waals surface area contributed by atoms with E-state index in [1.165, 1.54) is 25.3 Å². The van der Waals surface area contributed by atoms with Crippen molar-refractivity contribution in [1.82, 2.24) is 19.3 Å². The van der Waals surface area contributed by atoms with Crippen LogP contribution in [-0.2, 0) is 9.84 Å². The Labute approximate surface area is 241 Å². The number of carbonyl (C=O) groups is 2. The average molecular weight is 601 g/mol. The van der Waals surface area contributed by atoms with E-state index in [4.69, 9.17) is 0 Å². The second-order valence-corrected chi connectivity index (χ2v) is 15.8. The van der Waals surface area contributed by atoms with Gasteiger partial charge in [-0.05, 0) is 55.3 Å². The molecule has 2 aliphatic heterocycles. The van der Waals surface area contributed by atoms with E-state index in [0.29, 0.717) is 47.0 Å². The number of hydrogen-bond acceptors (Lipinski definition) is 7. The molecule has 3 fully saturated rings.